The van der Waals surface area contributed by atoms with E-state index in [2.05, 4.69) is 16.2 Å². The Labute approximate surface area is 145 Å². The summed E-state index contributed by atoms with van der Waals surface area (Å²) in [4.78, 5) is 4.36. The van der Waals surface area contributed by atoms with E-state index < -0.39 is 9.84 Å². The smallest absolute Gasteiger partial charge is 0.152 e. The number of hydrogen-bond donors (Lipinski definition) is 0. The van der Waals surface area contributed by atoms with E-state index in [-0.39, 0.29) is 17.5 Å². The molecule has 0 N–H and O–H groups in total. The molecule has 0 unspecified atom stereocenters. The molecule has 0 bridgehead atoms. The molecule has 1 aliphatic rings. The van der Waals surface area contributed by atoms with E-state index >= 15 is 0 Å². The summed E-state index contributed by atoms with van der Waals surface area (Å²) >= 11 is 1.44. The molecule has 1 saturated heterocycles. The number of nitriles is 1. The van der Waals surface area contributed by atoms with Crippen LogP contribution in [-0.4, -0.2) is 34.7 Å². The lowest BCUT2D eigenvalue weighted by molar-refractivity contribution is 0.486. The third kappa shape index (κ3) is 3.14. The SMILES string of the molecule is Cc1csc(/C(C#N)=C/c2c(C)nn([C@@H]3CCS(=O)(=O)C3)c2C)n1. The molecular weight excluding hydrogens is 344 g/mol. The number of aromatic nitrogens is 3. The van der Waals surface area contributed by atoms with Crippen LogP contribution in [0.15, 0.2) is 5.38 Å². The second-order valence-corrected chi connectivity index (χ2v) is 9.14. The van der Waals surface area contributed by atoms with E-state index in [1.54, 1.807) is 10.8 Å². The van der Waals surface area contributed by atoms with Crippen LogP contribution in [0.25, 0.3) is 11.6 Å². The van der Waals surface area contributed by atoms with Crippen molar-refractivity contribution in [1.29, 1.82) is 5.26 Å². The molecule has 0 radical (unpaired) electrons. The standard InChI is InChI=1S/C16H18N4O2S2/c1-10-8-23-16(18-10)13(7-17)6-15-11(2)19-20(12(15)3)14-4-5-24(21,22)9-14/h6,8,14H,4-5,9H2,1-3H3/b13-6+/t14-/m1/s1. The van der Waals surface area contributed by atoms with Gasteiger partial charge in [0.1, 0.15) is 11.1 Å². The van der Waals surface area contributed by atoms with Crippen LogP contribution >= 0.6 is 11.3 Å². The van der Waals surface area contributed by atoms with E-state index in [1.807, 2.05) is 26.2 Å². The first-order chi connectivity index (χ1) is 11.3. The second-order valence-electron chi connectivity index (χ2n) is 6.05. The molecule has 0 aliphatic carbocycles. The van der Waals surface area contributed by atoms with Crippen LogP contribution in [-0.2, 0) is 9.84 Å². The van der Waals surface area contributed by atoms with Crippen molar-refractivity contribution in [3.05, 3.63) is 33.0 Å². The molecule has 0 amide bonds. The Hall–Kier alpha value is -1.98. The highest BCUT2D eigenvalue weighted by Crippen LogP contribution is 2.29. The van der Waals surface area contributed by atoms with E-state index in [0.717, 1.165) is 22.6 Å². The number of aryl methyl sites for hydroxylation is 2. The Kier molecular flexibility index (Phi) is 4.32. The molecule has 1 aliphatic heterocycles. The number of hydrogen-bond acceptors (Lipinski definition) is 6. The highest BCUT2D eigenvalue weighted by molar-refractivity contribution is 7.91. The Morgan fingerprint density at radius 2 is 2.21 bits per heavy atom. The van der Waals surface area contributed by atoms with Crippen LogP contribution in [0.4, 0.5) is 0 Å². The maximum absolute atomic E-state index is 11.7. The highest BCUT2D eigenvalue weighted by Gasteiger charge is 2.31. The van der Waals surface area contributed by atoms with Gasteiger partial charge in [0.05, 0.1) is 28.8 Å². The Morgan fingerprint density at radius 3 is 2.75 bits per heavy atom. The van der Waals surface area contributed by atoms with E-state index in [9.17, 15) is 13.7 Å². The lowest BCUT2D eigenvalue weighted by Gasteiger charge is -2.11. The van der Waals surface area contributed by atoms with Gasteiger partial charge in [-0.25, -0.2) is 13.4 Å². The van der Waals surface area contributed by atoms with Gasteiger partial charge in [0.15, 0.2) is 9.84 Å². The molecule has 8 heteroatoms. The molecule has 2 aromatic heterocycles. The molecule has 0 aromatic carbocycles. The zero-order valence-electron chi connectivity index (χ0n) is 13.8. The minimum Gasteiger partial charge on any atom is -0.265 e. The van der Waals surface area contributed by atoms with Crippen LogP contribution < -0.4 is 0 Å². The number of rotatable bonds is 3. The molecule has 6 nitrogen and oxygen atoms in total. The average molecular weight is 362 g/mol. The summed E-state index contributed by atoms with van der Waals surface area (Å²) < 4.78 is 25.3. The Bertz CT molecular complexity index is 961. The van der Waals surface area contributed by atoms with E-state index in [1.165, 1.54) is 11.3 Å². The molecule has 0 spiro atoms. The van der Waals surface area contributed by atoms with Crippen LogP contribution in [0.2, 0.25) is 0 Å². The van der Waals surface area contributed by atoms with Crippen molar-refractivity contribution < 1.29 is 8.42 Å². The van der Waals surface area contributed by atoms with Gasteiger partial charge < -0.3 is 0 Å². The van der Waals surface area contributed by atoms with Crippen molar-refractivity contribution in [2.45, 2.75) is 33.2 Å². The third-order valence-electron chi connectivity index (χ3n) is 4.19. The summed E-state index contributed by atoms with van der Waals surface area (Å²) in [6, 6.07) is 2.08. The fraction of sp³-hybridized carbons (Fsp3) is 0.438. The van der Waals surface area contributed by atoms with Crippen molar-refractivity contribution in [1.82, 2.24) is 14.8 Å². The predicted molar refractivity (Wildman–Crippen MR) is 94.3 cm³/mol. The minimum absolute atomic E-state index is 0.122. The number of allylic oxidation sites excluding steroid dienone is 1. The molecule has 1 atom stereocenters. The lowest BCUT2D eigenvalue weighted by atomic mass is 10.1. The first-order valence-electron chi connectivity index (χ1n) is 7.61. The number of sulfone groups is 1. The molecule has 0 saturated carbocycles. The molecule has 1 fully saturated rings. The highest BCUT2D eigenvalue weighted by atomic mass is 32.2. The Morgan fingerprint density at radius 1 is 1.46 bits per heavy atom. The van der Waals surface area contributed by atoms with Gasteiger partial charge in [-0.3, -0.25) is 4.68 Å². The van der Waals surface area contributed by atoms with Gasteiger partial charge in [0.2, 0.25) is 0 Å². The van der Waals surface area contributed by atoms with Gasteiger partial charge in [-0.2, -0.15) is 10.4 Å². The largest absolute Gasteiger partial charge is 0.265 e. The van der Waals surface area contributed by atoms with Crippen molar-refractivity contribution in [3.8, 4) is 6.07 Å². The maximum Gasteiger partial charge on any atom is 0.152 e. The van der Waals surface area contributed by atoms with Crippen molar-refractivity contribution >= 4 is 32.8 Å². The lowest BCUT2D eigenvalue weighted by Crippen LogP contribution is -2.13. The van der Waals surface area contributed by atoms with Gasteiger partial charge in [0.25, 0.3) is 0 Å². The summed E-state index contributed by atoms with van der Waals surface area (Å²) in [6.07, 6.45) is 2.39. The molecular formula is C16H18N4O2S2. The van der Waals surface area contributed by atoms with Crippen molar-refractivity contribution in [2.75, 3.05) is 11.5 Å². The van der Waals surface area contributed by atoms with E-state index in [4.69, 9.17) is 0 Å². The predicted octanol–water partition coefficient (Wildman–Crippen LogP) is 2.69. The fourth-order valence-electron chi connectivity index (χ4n) is 2.97. The molecule has 3 heterocycles. The first-order valence-corrected chi connectivity index (χ1v) is 10.3. The first kappa shape index (κ1) is 16.9. The molecule has 2 aromatic rings. The Balaban J connectivity index is 2.00. The fourth-order valence-corrected chi connectivity index (χ4v) is 5.43. The van der Waals surface area contributed by atoms with Crippen LogP contribution in [0.3, 0.4) is 0 Å². The molecule has 24 heavy (non-hydrogen) atoms. The zero-order valence-corrected chi connectivity index (χ0v) is 15.4. The average Bonchev–Trinajstić information content (AvgIpc) is 3.17. The normalized spacial score (nSPS) is 20.2. The monoisotopic (exact) mass is 362 g/mol. The van der Waals surface area contributed by atoms with Gasteiger partial charge in [-0.1, -0.05) is 0 Å². The summed E-state index contributed by atoms with van der Waals surface area (Å²) in [6.45, 7) is 5.68. The third-order valence-corrected chi connectivity index (χ3v) is 6.94. The quantitative estimate of drug-likeness (QED) is 0.783. The number of nitrogens with zero attached hydrogens (tertiary/aromatic N) is 4. The van der Waals surface area contributed by atoms with E-state index in [0.29, 0.717) is 17.0 Å². The van der Waals surface area contributed by atoms with Crippen molar-refractivity contribution in [2.24, 2.45) is 0 Å². The van der Waals surface area contributed by atoms with Gasteiger partial charge in [0, 0.05) is 22.3 Å². The van der Waals surface area contributed by atoms with Crippen molar-refractivity contribution in [3.63, 3.8) is 0 Å². The van der Waals surface area contributed by atoms with Crippen LogP contribution in [0.5, 0.6) is 0 Å². The summed E-state index contributed by atoms with van der Waals surface area (Å²) in [5.74, 6) is 0.345. The topological polar surface area (TPSA) is 88.6 Å². The minimum atomic E-state index is -2.97. The number of thiazole rings is 1. The van der Waals surface area contributed by atoms with Gasteiger partial charge >= 0.3 is 0 Å². The summed E-state index contributed by atoms with van der Waals surface area (Å²) in [7, 11) is -2.97. The van der Waals surface area contributed by atoms with Gasteiger partial charge in [-0.15, -0.1) is 11.3 Å². The second kappa shape index (κ2) is 6.15. The van der Waals surface area contributed by atoms with Crippen LogP contribution in [0.1, 0.15) is 40.1 Å². The van der Waals surface area contributed by atoms with Crippen LogP contribution in [0, 0.1) is 32.1 Å². The summed E-state index contributed by atoms with van der Waals surface area (Å²) in [5, 5.41) is 16.6. The maximum atomic E-state index is 11.7. The summed E-state index contributed by atoms with van der Waals surface area (Å²) in [5.41, 5.74) is 3.92. The zero-order chi connectivity index (χ0) is 17.5. The molecule has 126 valence electrons. The molecule has 3 rings (SSSR count). The van der Waals surface area contributed by atoms with Gasteiger partial charge in [-0.05, 0) is 33.3 Å².